The largest absolute Gasteiger partial charge is 0.390 e. The SMILES string of the molecule is NN1CCC(O)C(O)C1. The zero-order chi connectivity index (χ0) is 6.85. The van der Waals surface area contributed by atoms with E-state index in [0.717, 1.165) is 0 Å². The van der Waals surface area contributed by atoms with E-state index >= 15 is 0 Å². The average molecular weight is 132 g/mol. The molecule has 2 unspecified atom stereocenters. The number of rotatable bonds is 0. The predicted octanol–water partition coefficient (Wildman–Crippen LogP) is -1.71. The van der Waals surface area contributed by atoms with Gasteiger partial charge in [-0.15, -0.1) is 0 Å². The van der Waals surface area contributed by atoms with Crippen LogP contribution in [-0.4, -0.2) is 40.5 Å². The second-order valence-corrected chi connectivity index (χ2v) is 2.42. The molecule has 4 heteroatoms. The van der Waals surface area contributed by atoms with Gasteiger partial charge in [0, 0.05) is 13.1 Å². The number of nitrogens with two attached hydrogens (primary N) is 1. The second kappa shape index (κ2) is 2.62. The van der Waals surface area contributed by atoms with Crippen molar-refractivity contribution >= 4 is 0 Å². The first-order chi connectivity index (χ1) is 4.20. The van der Waals surface area contributed by atoms with Crippen molar-refractivity contribution in [2.24, 2.45) is 5.84 Å². The third kappa shape index (κ3) is 1.62. The molecule has 54 valence electrons. The summed E-state index contributed by atoms with van der Waals surface area (Å²) in [5, 5.41) is 19.5. The van der Waals surface area contributed by atoms with E-state index in [9.17, 15) is 0 Å². The van der Waals surface area contributed by atoms with Crippen molar-refractivity contribution in [3.63, 3.8) is 0 Å². The monoisotopic (exact) mass is 132 g/mol. The molecule has 4 N–H and O–H groups in total. The summed E-state index contributed by atoms with van der Waals surface area (Å²) in [6.45, 7) is 1.04. The molecule has 2 atom stereocenters. The average Bonchev–Trinajstić information content (AvgIpc) is 1.80. The summed E-state index contributed by atoms with van der Waals surface area (Å²) in [4.78, 5) is 0. The molecule has 1 aliphatic rings. The van der Waals surface area contributed by atoms with Crippen LogP contribution in [-0.2, 0) is 0 Å². The van der Waals surface area contributed by atoms with Crippen molar-refractivity contribution in [2.45, 2.75) is 18.6 Å². The van der Waals surface area contributed by atoms with Crippen LogP contribution in [0.4, 0.5) is 0 Å². The molecule has 1 rings (SSSR count). The topological polar surface area (TPSA) is 69.7 Å². The molecular weight excluding hydrogens is 120 g/mol. The summed E-state index contributed by atoms with van der Waals surface area (Å²) < 4.78 is 0. The zero-order valence-corrected chi connectivity index (χ0v) is 5.20. The standard InChI is InChI=1S/C5H12N2O2/c6-7-2-1-4(8)5(9)3-7/h4-5,8-9H,1-3,6H2. The number of aliphatic hydroxyl groups is 2. The maximum absolute atomic E-state index is 8.98. The van der Waals surface area contributed by atoms with Crippen molar-refractivity contribution < 1.29 is 10.2 Å². The van der Waals surface area contributed by atoms with Crippen molar-refractivity contribution in [2.75, 3.05) is 13.1 Å². The van der Waals surface area contributed by atoms with E-state index in [2.05, 4.69) is 0 Å². The summed E-state index contributed by atoms with van der Waals surface area (Å²) in [6.07, 6.45) is -0.675. The Morgan fingerprint density at radius 2 is 2.00 bits per heavy atom. The Morgan fingerprint density at radius 1 is 1.33 bits per heavy atom. The molecule has 0 bridgehead atoms. The minimum Gasteiger partial charge on any atom is -0.390 e. The Kier molecular flexibility index (Phi) is 2.02. The maximum Gasteiger partial charge on any atom is 0.0940 e. The lowest BCUT2D eigenvalue weighted by molar-refractivity contribution is -0.0386. The van der Waals surface area contributed by atoms with Gasteiger partial charge in [-0.25, -0.2) is 5.01 Å². The molecule has 0 aromatic heterocycles. The lowest BCUT2D eigenvalue weighted by Gasteiger charge is -2.29. The van der Waals surface area contributed by atoms with Gasteiger partial charge in [-0.1, -0.05) is 0 Å². The summed E-state index contributed by atoms with van der Waals surface area (Å²) in [5.74, 6) is 5.35. The molecule has 0 spiro atoms. The lowest BCUT2D eigenvalue weighted by Crippen LogP contribution is -2.49. The minimum atomic E-state index is -0.663. The van der Waals surface area contributed by atoms with E-state index < -0.39 is 12.2 Å². The van der Waals surface area contributed by atoms with E-state index in [-0.39, 0.29) is 0 Å². The van der Waals surface area contributed by atoms with Crippen LogP contribution < -0.4 is 5.84 Å². The van der Waals surface area contributed by atoms with Crippen molar-refractivity contribution in [3.8, 4) is 0 Å². The van der Waals surface area contributed by atoms with Gasteiger partial charge < -0.3 is 10.2 Å². The van der Waals surface area contributed by atoms with Crippen molar-refractivity contribution in [1.82, 2.24) is 5.01 Å². The van der Waals surface area contributed by atoms with Crippen LogP contribution in [0.2, 0.25) is 0 Å². The Bertz CT molecular complexity index is 99.0. The first-order valence-electron chi connectivity index (χ1n) is 3.06. The minimum absolute atomic E-state index is 0.376. The van der Waals surface area contributed by atoms with Crippen molar-refractivity contribution in [3.05, 3.63) is 0 Å². The predicted molar refractivity (Wildman–Crippen MR) is 32.4 cm³/mol. The summed E-state index contributed by atoms with van der Waals surface area (Å²) in [5.41, 5.74) is 0. The van der Waals surface area contributed by atoms with E-state index in [0.29, 0.717) is 19.5 Å². The van der Waals surface area contributed by atoms with Crippen LogP contribution in [0.3, 0.4) is 0 Å². The van der Waals surface area contributed by atoms with E-state index in [1.54, 1.807) is 0 Å². The second-order valence-electron chi connectivity index (χ2n) is 2.42. The van der Waals surface area contributed by atoms with Gasteiger partial charge in [-0.05, 0) is 6.42 Å². The molecule has 9 heavy (non-hydrogen) atoms. The number of hydrazine groups is 1. The fourth-order valence-corrected chi connectivity index (χ4v) is 0.944. The molecule has 1 aliphatic heterocycles. The highest BCUT2D eigenvalue weighted by Crippen LogP contribution is 2.06. The summed E-state index contributed by atoms with van der Waals surface area (Å²) >= 11 is 0. The normalized spacial score (nSPS) is 39.0. The first kappa shape index (κ1) is 6.95. The number of piperidine rings is 1. The lowest BCUT2D eigenvalue weighted by atomic mass is 10.1. The van der Waals surface area contributed by atoms with Gasteiger partial charge in [0.25, 0.3) is 0 Å². The fourth-order valence-electron chi connectivity index (χ4n) is 0.944. The van der Waals surface area contributed by atoms with Crippen LogP contribution >= 0.6 is 0 Å². The van der Waals surface area contributed by atoms with Crippen LogP contribution in [0, 0.1) is 0 Å². The van der Waals surface area contributed by atoms with Gasteiger partial charge in [0.05, 0.1) is 12.2 Å². The number of nitrogens with zero attached hydrogens (tertiary/aromatic N) is 1. The van der Waals surface area contributed by atoms with E-state index in [1.807, 2.05) is 0 Å². The van der Waals surface area contributed by atoms with Gasteiger partial charge in [0.2, 0.25) is 0 Å². The number of β-amino-alcohol motifs (C(OH)–C–C–N with tert-alkyl or cyclic N) is 1. The van der Waals surface area contributed by atoms with Gasteiger partial charge >= 0.3 is 0 Å². The Balaban J connectivity index is 2.35. The van der Waals surface area contributed by atoms with Crippen molar-refractivity contribution in [1.29, 1.82) is 0 Å². The molecule has 1 heterocycles. The van der Waals surface area contributed by atoms with Crippen LogP contribution in [0.15, 0.2) is 0 Å². The quantitative estimate of drug-likeness (QED) is 0.343. The molecule has 0 saturated carbocycles. The Labute approximate surface area is 53.9 Å². The molecule has 0 radical (unpaired) electrons. The third-order valence-electron chi connectivity index (χ3n) is 1.58. The fraction of sp³-hybridized carbons (Fsp3) is 1.00. The van der Waals surface area contributed by atoms with Crippen LogP contribution in [0.1, 0.15) is 6.42 Å². The van der Waals surface area contributed by atoms with E-state index in [1.165, 1.54) is 5.01 Å². The molecule has 0 amide bonds. The number of hydrogen-bond donors (Lipinski definition) is 3. The Morgan fingerprint density at radius 3 is 2.44 bits per heavy atom. The zero-order valence-electron chi connectivity index (χ0n) is 5.20. The number of aliphatic hydroxyl groups excluding tert-OH is 2. The molecule has 1 fully saturated rings. The summed E-state index contributed by atoms with van der Waals surface area (Å²) in [6, 6.07) is 0. The maximum atomic E-state index is 8.98. The number of hydrogen-bond acceptors (Lipinski definition) is 4. The van der Waals surface area contributed by atoms with E-state index in [4.69, 9.17) is 16.1 Å². The highest BCUT2D eigenvalue weighted by molar-refractivity contribution is 4.75. The van der Waals surface area contributed by atoms with Crippen LogP contribution in [0.25, 0.3) is 0 Å². The molecule has 1 saturated heterocycles. The van der Waals surface area contributed by atoms with Gasteiger partial charge in [0.15, 0.2) is 0 Å². The highest BCUT2D eigenvalue weighted by Gasteiger charge is 2.23. The van der Waals surface area contributed by atoms with Gasteiger partial charge in [-0.3, -0.25) is 5.84 Å². The van der Waals surface area contributed by atoms with Gasteiger partial charge in [0.1, 0.15) is 0 Å². The highest BCUT2D eigenvalue weighted by atomic mass is 16.3. The van der Waals surface area contributed by atoms with Gasteiger partial charge in [-0.2, -0.15) is 0 Å². The molecule has 4 nitrogen and oxygen atoms in total. The molecule has 0 aromatic rings. The Hall–Kier alpha value is -0.160. The molecule has 0 aromatic carbocycles. The molecule has 0 aliphatic carbocycles. The summed E-state index contributed by atoms with van der Waals surface area (Å²) in [7, 11) is 0. The third-order valence-corrected chi connectivity index (χ3v) is 1.58. The molecular formula is C5H12N2O2. The van der Waals surface area contributed by atoms with Crippen LogP contribution in [0.5, 0.6) is 0 Å². The smallest absolute Gasteiger partial charge is 0.0940 e. The first-order valence-corrected chi connectivity index (χ1v) is 3.06.